The molecular formula is C55H35N3O. The third-order valence-corrected chi connectivity index (χ3v) is 11.1. The van der Waals surface area contributed by atoms with E-state index in [0.29, 0.717) is 17.5 Å². The SMILES string of the molecule is c1ccc(-c2ccc(-c3nc(-c4ccccc4)nc(-c4cccc(-c5cccc(-c6cccc(-c7ccc8oc9c%10ccccc%10ccc9c8c7)c6)c5)c4)n3)cc2)cc1. The Hall–Kier alpha value is -7.95. The Morgan fingerprint density at radius 2 is 0.678 bits per heavy atom. The molecule has 0 aliphatic carbocycles. The summed E-state index contributed by atoms with van der Waals surface area (Å²) in [6.45, 7) is 0. The van der Waals surface area contributed by atoms with Gasteiger partial charge in [-0.15, -0.1) is 0 Å². The van der Waals surface area contributed by atoms with Crippen molar-refractivity contribution in [1.29, 1.82) is 0 Å². The van der Waals surface area contributed by atoms with Crippen molar-refractivity contribution in [3.05, 3.63) is 212 Å². The van der Waals surface area contributed by atoms with Crippen molar-refractivity contribution >= 4 is 32.7 Å². The van der Waals surface area contributed by atoms with E-state index in [1.807, 2.05) is 36.4 Å². The van der Waals surface area contributed by atoms with Gasteiger partial charge in [0.25, 0.3) is 0 Å². The van der Waals surface area contributed by atoms with Gasteiger partial charge >= 0.3 is 0 Å². The Morgan fingerprint density at radius 1 is 0.254 bits per heavy atom. The lowest BCUT2D eigenvalue weighted by Crippen LogP contribution is -2.00. The van der Waals surface area contributed by atoms with E-state index >= 15 is 0 Å². The second-order valence-corrected chi connectivity index (χ2v) is 14.8. The van der Waals surface area contributed by atoms with Gasteiger partial charge in [0.15, 0.2) is 17.5 Å². The van der Waals surface area contributed by atoms with Crippen LogP contribution in [0.25, 0.3) is 111 Å². The van der Waals surface area contributed by atoms with E-state index in [1.54, 1.807) is 0 Å². The third kappa shape index (κ3) is 6.53. The molecule has 0 N–H and O–H groups in total. The van der Waals surface area contributed by atoms with Crippen molar-refractivity contribution in [3.8, 4) is 78.7 Å². The average Bonchev–Trinajstić information content (AvgIpc) is 3.71. The van der Waals surface area contributed by atoms with Crippen LogP contribution in [0.1, 0.15) is 0 Å². The first-order valence-electron chi connectivity index (χ1n) is 19.8. The van der Waals surface area contributed by atoms with E-state index in [4.69, 9.17) is 19.4 Å². The smallest absolute Gasteiger partial charge is 0.164 e. The molecule has 276 valence electrons. The number of benzene rings is 9. The zero-order chi connectivity index (χ0) is 39.1. The fourth-order valence-corrected chi connectivity index (χ4v) is 8.07. The largest absolute Gasteiger partial charge is 0.455 e. The molecule has 0 saturated heterocycles. The Bertz CT molecular complexity index is 3320. The monoisotopic (exact) mass is 753 g/mol. The lowest BCUT2D eigenvalue weighted by atomic mass is 9.95. The number of rotatable bonds is 7. The predicted octanol–water partition coefficient (Wildman–Crippen LogP) is 14.6. The van der Waals surface area contributed by atoms with E-state index in [-0.39, 0.29) is 0 Å². The molecule has 0 bridgehead atoms. The Morgan fingerprint density at radius 3 is 1.31 bits per heavy atom. The summed E-state index contributed by atoms with van der Waals surface area (Å²) in [5, 5.41) is 4.57. The van der Waals surface area contributed by atoms with Crippen LogP contribution < -0.4 is 0 Å². The molecule has 2 aromatic heterocycles. The first-order valence-corrected chi connectivity index (χ1v) is 19.8. The minimum atomic E-state index is 0.627. The van der Waals surface area contributed by atoms with Crippen LogP contribution in [0.5, 0.6) is 0 Å². The Kier molecular flexibility index (Phi) is 8.45. The van der Waals surface area contributed by atoms with Crippen molar-refractivity contribution < 1.29 is 4.42 Å². The zero-order valence-corrected chi connectivity index (χ0v) is 32.0. The second-order valence-electron chi connectivity index (χ2n) is 14.8. The van der Waals surface area contributed by atoms with Crippen molar-refractivity contribution in [2.24, 2.45) is 0 Å². The summed E-state index contributed by atoms with van der Waals surface area (Å²) in [6.07, 6.45) is 0. The van der Waals surface area contributed by atoms with Gasteiger partial charge in [-0.25, -0.2) is 15.0 Å². The first-order chi connectivity index (χ1) is 29.2. The summed E-state index contributed by atoms with van der Waals surface area (Å²) in [5.74, 6) is 1.90. The summed E-state index contributed by atoms with van der Waals surface area (Å²) in [4.78, 5) is 15.0. The van der Waals surface area contributed by atoms with Crippen molar-refractivity contribution in [2.75, 3.05) is 0 Å². The lowest BCUT2D eigenvalue weighted by Gasteiger charge is -2.11. The molecule has 0 radical (unpaired) electrons. The third-order valence-electron chi connectivity index (χ3n) is 11.1. The van der Waals surface area contributed by atoms with Crippen molar-refractivity contribution in [1.82, 2.24) is 15.0 Å². The van der Waals surface area contributed by atoms with Crippen LogP contribution in [0, 0.1) is 0 Å². The van der Waals surface area contributed by atoms with Crippen LogP contribution in [0.2, 0.25) is 0 Å². The molecule has 0 amide bonds. The maximum Gasteiger partial charge on any atom is 0.164 e. The van der Waals surface area contributed by atoms with E-state index in [0.717, 1.165) is 83.0 Å². The molecule has 0 fully saturated rings. The number of fused-ring (bicyclic) bond motifs is 5. The highest BCUT2D eigenvalue weighted by Gasteiger charge is 2.15. The molecule has 4 nitrogen and oxygen atoms in total. The summed E-state index contributed by atoms with van der Waals surface area (Å²) in [5.41, 5.74) is 13.7. The Balaban J connectivity index is 0.930. The Labute approximate surface area is 341 Å². The molecule has 0 saturated carbocycles. The molecule has 0 aliphatic rings. The fraction of sp³-hybridized carbons (Fsp3) is 0. The van der Waals surface area contributed by atoms with E-state index in [1.165, 1.54) is 10.9 Å². The van der Waals surface area contributed by atoms with Gasteiger partial charge in [-0.3, -0.25) is 0 Å². The van der Waals surface area contributed by atoms with Crippen LogP contribution in [-0.2, 0) is 0 Å². The van der Waals surface area contributed by atoms with E-state index in [9.17, 15) is 0 Å². The highest BCUT2D eigenvalue weighted by atomic mass is 16.3. The fourth-order valence-electron chi connectivity index (χ4n) is 8.07. The van der Waals surface area contributed by atoms with E-state index < -0.39 is 0 Å². The number of hydrogen-bond donors (Lipinski definition) is 0. The van der Waals surface area contributed by atoms with Crippen LogP contribution >= 0.6 is 0 Å². The summed E-state index contributed by atoms with van der Waals surface area (Å²) < 4.78 is 6.40. The molecule has 0 atom stereocenters. The molecule has 0 spiro atoms. The predicted molar refractivity (Wildman–Crippen MR) is 243 cm³/mol. The van der Waals surface area contributed by atoms with Crippen molar-refractivity contribution in [3.63, 3.8) is 0 Å². The van der Waals surface area contributed by atoms with Gasteiger partial charge in [-0.05, 0) is 86.3 Å². The number of nitrogens with zero attached hydrogens (tertiary/aromatic N) is 3. The second kappa shape index (κ2) is 14.5. The van der Waals surface area contributed by atoms with Crippen LogP contribution in [0.3, 0.4) is 0 Å². The maximum atomic E-state index is 6.40. The first kappa shape index (κ1) is 34.3. The quantitative estimate of drug-likeness (QED) is 0.163. The summed E-state index contributed by atoms with van der Waals surface area (Å²) in [6, 6.07) is 74.2. The molecule has 9 aromatic carbocycles. The minimum Gasteiger partial charge on any atom is -0.455 e. The van der Waals surface area contributed by atoms with Gasteiger partial charge in [0.2, 0.25) is 0 Å². The number of hydrogen-bond acceptors (Lipinski definition) is 4. The highest BCUT2D eigenvalue weighted by Crippen LogP contribution is 2.38. The van der Waals surface area contributed by atoms with Gasteiger partial charge in [-0.1, -0.05) is 176 Å². The average molecular weight is 754 g/mol. The lowest BCUT2D eigenvalue weighted by molar-refractivity contribution is 0.672. The standard InChI is InChI=1S/C55H35N3O/c1-3-12-36(13-4-1)37-24-26-40(27-25-37)54-56-53(39-15-5-2-6-16-39)57-55(58-54)47-22-11-21-45(34-47)43-19-9-17-41(32-43)42-18-10-20-44(33-42)46-29-31-51-50(35-46)49-30-28-38-14-7-8-23-48(38)52(49)59-51/h1-35H. The molecule has 11 aromatic rings. The summed E-state index contributed by atoms with van der Waals surface area (Å²) >= 11 is 0. The molecule has 59 heavy (non-hydrogen) atoms. The van der Waals surface area contributed by atoms with Gasteiger partial charge < -0.3 is 4.42 Å². The topological polar surface area (TPSA) is 51.8 Å². The van der Waals surface area contributed by atoms with Gasteiger partial charge in [0, 0.05) is 32.8 Å². The highest BCUT2D eigenvalue weighted by molar-refractivity contribution is 6.15. The van der Waals surface area contributed by atoms with E-state index in [2.05, 4.69) is 176 Å². The molecule has 0 aliphatic heterocycles. The maximum absolute atomic E-state index is 6.40. The summed E-state index contributed by atoms with van der Waals surface area (Å²) in [7, 11) is 0. The van der Waals surface area contributed by atoms with Crippen LogP contribution in [0.15, 0.2) is 217 Å². The zero-order valence-electron chi connectivity index (χ0n) is 32.0. The van der Waals surface area contributed by atoms with Crippen molar-refractivity contribution in [2.45, 2.75) is 0 Å². The number of furan rings is 1. The molecular weight excluding hydrogens is 719 g/mol. The van der Waals surface area contributed by atoms with Crippen LogP contribution in [-0.4, -0.2) is 15.0 Å². The van der Waals surface area contributed by atoms with Gasteiger partial charge in [0.05, 0.1) is 0 Å². The minimum absolute atomic E-state index is 0.627. The number of aromatic nitrogens is 3. The molecule has 0 unspecified atom stereocenters. The molecule has 11 rings (SSSR count). The van der Waals surface area contributed by atoms with Gasteiger partial charge in [0.1, 0.15) is 11.2 Å². The molecule has 2 heterocycles. The van der Waals surface area contributed by atoms with Gasteiger partial charge in [-0.2, -0.15) is 0 Å². The van der Waals surface area contributed by atoms with Crippen LogP contribution in [0.4, 0.5) is 0 Å². The molecule has 4 heteroatoms. The normalized spacial score (nSPS) is 11.4.